The maximum Gasteiger partial charge on any atom is 0.0362 e. The van der Waals surface area contributed by atoms with Crippen LogP contribution in [0.4, 0.5) is 0 Å². The first-order chi connectivity index (χ1) is 7.29. The van der Waals surface area contributed by atoms with Gasteiger partial charge in [0.1, 0.15) is 0 Å². The Bertz CT molecular complexity index is 306. The van der Waals surface area contributed by atoms with Crippen molar-refractivity contribution < 1.29 is 0 Å². The second-order valence-electron chi connectivity index (χ2n) is 4.41. The third-order valence-electron chi connectivity index (χ3n) is 3.23. The summed E-state index contributed by atoms with van der Waals surface area (Å²) in [5.74, 6) is 0. The van der Waals surface area contributed by atoms with Gasteiger partial charge in [0.05, 0.1) is 0 Å². The van der Waals surface area contributed by atoms with E-state index in [0.717, 1.165) is 13.1 Å². The van der Waals surface area contributed by atoms with Crippen molar-refractivity contribution in [1.29, 1.82) is 0 Å². The Balaban J connectivity index is 1.83. The van der Waals surface area contributed by atoms with E-state index in [1.807, 2.05) is 0 Å². The normalized spacial score (nSPS) is 22.4. The summed E-state index contributed by atoms with van der Waals surface area (Å²) in [5, 5.41) is 3.63. The van der Waals surface area contributed by atoms with Gasteiger partial charge in [-0.15, -0.1) is 0 Å². The molecule has 1 aliphatic rings. The van der Waals surface area contributed by atoms with Crippen molar-refractivity contribution in [2.45, 2.75) is 32.5 Å². The SMILES string of the molecule is CCn1cccc1CNC1CCN(C)C1. The summed E-state index contributed by atoms with van der Waals surface area (Å²) in [5.41, 5.74) is 1.40. The van der Waals surface area contributed by atoms with E-state index in [1.54, 1.807) is 0 Å². The van der Waals surface area contributed by atoms with Gasteiger partial charge in [0.15, 0.2) is 0 Å². The van der Waals surface area contributed by atoms with Crippen molar-refractivity contribution in [2.24, 2.45) is 0 Å². The molecular weight excluding hydrogens is 186 g/mol. The smallest absolute Gasteiger partial charge is 0.0362 e. The highest BCUT2D eigenvalue weighted by Gasteiger charge is 2.18. The fourth-order valence-electron chi connectivity index (χ4n) is 2.27. The molecule has 84 valence electrons. The van der Waals surface area contributed by atoms with E-state index in [4.69, 9.17) is 0 Å². The van der Waals surface area contributed by atoms with Crippen molar-refractivity contribution in [3.8, 4) is 0 Å². The monoisotopic (exact) mass is 207 g/mol. The zero-order chi connectivity index (χ0) is 10.7. The van der Waals surface area contributed by atoms with E-state index in [2.05, 4.69) is 47.1 Å². The van der Waals surface area contributed by atoms with Crippen LogP contribution in [0.5, 0.6) is 0 Å². The van der Waals surface area contributed by atoms with Crippen molar-refractivity contribution in [2.75, 3.05) is 20.1 Å². The summed E-state index contributed by atoms with van der Waals surface area (Å²) in [6, 6.07) is 5.01. The van der Waals surface area contributed by atoms with Gasteiger partial charge in [-0.1, -0.05) is 0 Å². The quantitative estimate of drug-likeness (QED) is 0.803. The Morgan fingerprint density at radius 3 is 3.07 bits per heavy atom. The van der Waals surface area contributed by atoms with Crippen molar-refractivity contribution in [3.05, 3.63) is 24.0 Å². The molecule has 15 heavy (non-hydrogen) atoms. The molecule has 1 unspecified atom stereocenters. The lowest BCUT2D eigenvalue weighted by Gasteiger charge is -2.13. The third kappa shape index (κ3) is 2.61. The van der Waals surface area contributed by atoms with E-state index in [0.29, 0.717) is 6.04 Å². The Labute approximate surface area is 92.1 Å². The fraction of sp³-hybridized carbons (Fsp3) is 0.667. The molecule has 1 atom stereocenters. The van der Waals surface area contributed by atoms with Crippen LogP contribution in [0.1, 0.15) is 19.0 Å². The molecule has 2 rings (SSSR count). The zero-order valence-corrected chi connectivity index (χ0v) is 9.74. The Hall–Kier alpha value is -0.800. The summed E-state index contributed by atoms with van der Waals surface area (Å²) in [6.07, 6.45) is 3.43. The lowest BCUT2D eigenvalue weighted by Crippen LogP contribution is -2.31. The lowest BCUT2D eigenvalue weighted by molar-refractivity contribution is 0.396. The van der Waals surface area contributed by atoms with Gasteiger partial charge in [0.2, 0.25) is 0 Å². The molecule has 0 amide bonds. The maximum absolute atomic E-state index is 3.63. The van der Waals surface area contributed by atoms with Crippen LogP contribution >= 0.6 is 0 Å². The van der Waals surface area contributed by atoms with E-state index in [1.165, 1.54) is 25.2 Å². The molecule has 3 heteroatoms. The number of likely N-dealkylation sites (tertiary alicyclic amines) is 1. The van der Waals surface area contributed by atoms with Gasteiger partial charge in [0.25, 0.3) is 0 Å². The van der Waals surface area contributed by atoms with Gasteiger partial charge in [0, 0.05) is 37.6 Å². The lowest BCUT2D eigenvalue weighted by atomic mass is 10.2. The van der Waals surface area contributed by atoms with Crippen LogP contribution in [-0.2, 0) is 13.1 Å². The highest BCUT2D eigenvalue weighted by molar-refractivity contribution is 5.07. The topological polar surface area (TPSA) is 20.2 Å². The Morgan fingerprint density at radius 2 is 2.40 bits per heavy atom. The second-order valence-corrected chi connectivity index (χ2v) is 4.41. The molecule has 0 radical (unpaired) electrons. The van der Waals surface area contributed by atoms with Crippen LogP contribution in [0.25, 0.3) is 0 Å². The van der Waals surface area contributed by atoms with Crippen LogP contribution in [-0.4, -0.2) is 35.6 Å². The molecule has 0 saturated carbocycles. The number of rotatable bonds is 4. The molecule has 1 fully saturated rings. The van der Waals surface area contributed by atoms with Gasteiger partial charge in [-0.05, 0) is 39.1 Å². The van der Waals surface area contributed by atoms with E-state index < -0.39 is 0 Å². The largest absolute Gasteiger partial charge is 0.351 e. The summed E-state index contributed by atoms with van der Waals surface area (Å²) in [7, 11) is 2.19. The number of hydrogen-bond donors (Lipinski definition) is 1. The molecule has 1 saturated heterocycles. The minimum absolute atomic E-state index is 0.676. The molecule has 1 aliphatic heterocycles. The average molecular weight is 207 g/mol. The number of hydrogen-bond acceptors (Lipinski definition) is 2. The number of nitrogens with zero attached hydrogens (tertiary/aromatic N) is 2. The number of nitrogens with one attached hydrogen (secondary N) is 1. The predicted molar refractivity (Wildman–Crippen MR) is 62.8 cm³/mol. The highest BCUT2D eigenvalue weighted by atomic mass is 15.2. The molecule has 3 nitrogen and oxygen atoms in total. The van der Waals surface area contributed by atoms with Gasteiger partial charge in [-0.3, -0.25) is 0 Å². The third-order valence-corrected chi connectivity index (χ3v) is 3.23. The molecule has 1 N–H and O–H groups in total. The first-order valence-corrected chi connectivity index (χ1v) is 5.85. The van der Waals surface area contributed by atoms with E-state index in [-0.39, 0.29) is 0 Å². The Morgan fingerprint density at radius 1 is 1.53 bits per heavy atom. The zero-order valence-electron chi connectivity index (χ0n) is 9.74. The molecule has 0 spiro atoms. The molecule has 0 bridgehead atoms. The summed E-state index contributed by atoms with van der Waals surface area (Å²) in [6.45, 7) is 6.67. The average Bonchev–Trinajstić information content (AvgIpc) is 2.83. The maximum atomic E-state index is 3.63. The molecule has 2 heterocycles. The van der Waals surface area contributed by atoms with Crippen molar-refractivity contribution >= 4 is 0 Å². The molecule has 1 aromatic rings. The summed E-state index contributed by atoms with van der Waals surface area (Å²) < 4.78 is 2.30. The first-order valence-electron chi connectivity index (χ1n) is 5.85. The van der Waals surface area contributed by atoms with Crippen LogP contribution in [0.2, 0.25) is 0 Å². The minimum atomic E-state index is 0.676. The predicted octanol–water partition coefficient (Wildman–Crippen LogP) is 1.30. The van der Waals surface area contributed by atoms with Crippen molar-refractivity contribution in [1.82, 2.24) is 14.8 Å². The molecule has 0 aromatic carbocycles. The van der Waals surface area contributed by atoms with Crippen LogP contribution in [0, 0.1) is 0 Å². The molecular formula is C12H21N3. The van der Waals surface area contributed by atoms with Gasteiger partial charge < -0.3 is 14.8 Å². The van der Waals surface area contributed by atoms with Crippen molar-refractivity contribution in [3.63, 3.8) is 0 Å². The molecule has 1 aromatic heterocycles. The van der Waals surface area contributed by atoms with Gasteiger partial charge >= 0.3 is 0 Å². The summed E-state index contributed by atoms with van der Waals surface area (Å²) >= 11 is 0. The highest BCUT2D eigenvalue weighted by Crippen LogP contribution is 2.08. The van der Waals surface area contributed by atoms with Crippen LogP contribution in [0.3, 0.4) is 0 Å². The molecule has 0 aliphatic carbocycles. The Kier molecular flexibility index (Phi) is 3.44. The second kappa shape index (κ2) is 4.81. The number of likely N-dealkylation sites (N-methyl/N-ethyl adjacent to an activating group) is 1. The number of aromatic nitrogens is 1. The van der Waals surface area contributed by atoms with Crippen LogP contribution in [0.15, 0.2) is 18.3 Å². The van der Waals surface area contributed by atoms with Gasteiger partial charge in [-0.25, -0.2) is 0 Å². The number of aryl methyl sites for hydroxylation is 1. The van der Waals surface area contributed by atoms with E-state index in [9.17, 15) is 0 Å². The first kappa shape index (κ1) is 10.7. The van der Waals surface area contributed by atoms with Crippen LogP contribution < -0.4 is 5.32 Å². The fourth-order valence-corrected chi connectivity index (χ4v) is 2.27. The standard InChI is InChI=1S/C12H21N3/c1-3-15-7-4-5-12(15)9-13-11-6-8-14(2)10-11/h4-5,7,11,13H,3,6,8-10H2,1-2H3. The minimum Gasteiger partial charge on any atom is -0.351 e. The van der Waals surface area contributed by atoms with E-state index >= 15 is 0 Å². The van der Waals surface area contributed by atoms with Gasteiger partial charge in [-0.2, -0.15) is 0 Å². The summed E-state index contributed by atoms with van der Waals surface area (Å²) in [4.78, 5) is 2.39.